The Labute approximate surface area is 195 Å². The van der Waals surface area contributed by atoms with Gasteiger partial charge in [0.05, 0.1) is 18.7 Å². The first-order valence-corrected chi connectivity index (χ1v) is 11.5. The van der Waals surface area contributed by atoms with E-state index in [4.69, 9.17) is 4.74 Å². The molecule has 6 nitrogen and oxygen atoms in total. The van der Waals surface area contributed by atoms with Crippen molar-refractivity contribution in [3.05, 3.63) is 71.0 Å². The summed E-state index contributed by atoms with van der Waals surface area (Å²) in [7, 11) is 1.37. The maximum Gasteiger partial charge on any atom is 0.337 e. The lowest BCUT2D eigenvalue weighted by atomic mass is 10.1. The Kier molecular flexibility index (Phi) is 8.97. The average Bonchev–Trinajstić information content (AvgIpc) is 3.20. The third-order valence-electron chi connectivity index (χ3n) is 5.93. The molecule has 1 aliphatic rings. The van der Waals surface area contributed by atoms with Crippen molar-refractivity contribution in [1.29, 1.82) is 0 Å². The first kappa shape index (κ1) is 24.9. The fourth-order valence-electron chi connectivity index (χ4n) is 4.27. The van der Waals surface area contributed by atoms with Gasteiger partial charge in [-0.25, -0.2) is 9.18 Å². The highest BCUT2D eigenvalue weighted by molar-refractivity contribution is 5.89. The number of rotatable bonds is 10. The number of likely N-dealkylation sites (tertiary alicyclic amines) is 1. The van der Waals surface area contributed by atoms with Crippen molar-refractivity contribution in [2.75, 3.05) is 26.7 Å². The number of methoxy groups -OCH3 is 1. The first-order chi connectivity index (χ1) is 15.9. The summed E-state index contributed by atoms with van der Waals surface area (Å²) in [4.78, 5) is 26.8. The van der Waals surface area contributed by atoms with Crippen molar-refractivity contribution in [2.45, 2.75) is 45.3 Å². The van der Waals surface area contributed by atoms with Crippen LogP contribution in [0.1, 0.15) is 41.8 Å². The van der Waals surface area contributed by atoms with Gasteiger partial charge in [-0.2, -0.15) is 0 Å². The zero-order valence-electron chi connectivity index (χ0n) is 19.6. The molecular weight excluding hydrogens is 421 g/mol. The van der Waals surface area contributed by atoms with E-state index in [1.54, 1.807) is 30.3 Å². The maximum atomic E-state index is 13.8. The van der Waals surface area contributed by atoms with Crippen LogP contribution in [0.25, 0.3) is 0 Å². The SMILES string of the molecule is COC(=O)c1ccc(CN[C@@H]2C[C@@H](C(=O)NCCc3ccccc3F)N(CC(C)C)C2)cc1. The summed E-state index contributed by atoms with van der Waals surface area (Å²) in [6, 6.07) is 14.0. The number of hydrogen-bond donors (Lipinski definition) is 2. The molecule has 7 heteroatoms. The van der Waals surface area contributed by atoms with Gasteiger partial charge >= 0.3 is 5.97 Å². The minimum absolute atomic E-state index is 0.00118. The summed E-state index contributed by atoms with van der Waals surface area (Å²) in [6.45, 7) is 7.01. The lowest BCUT2D eigenvalue weighted by Crippen LogP contribution is -2.45. The first-order valence-electron chi connectivity index (χ1n) is 11.5. The molecule has 0 radical (unpaired) electrons. The highest BCUT2D eigenvalue weighted by Gasteiger charge is 2.36. The van der Waals surface area contributed by atoms with Crippen molar-refractivity contribution < 1.29 is 18.7 Å². The maximum absolute atomic E-state index is 13.8. The Hall–Kier alpha value is -2.77. The van der Waals surface area contributed by atoms with Gasteiger partial charge in [0.2, 0.25) is 5.91 Å². The molecule has 178 valence electrons. The zero-order chi connectivity index (χ0) is 23.8. The molecule has 0 spiro atoms. The summed E-state index contributed by atoms with van der Waals surface area (Å²) >= 11 is 0. The molecule has 2 aromatic rings. The second kappa shape index (κ2) is 11.9. The topological polar surface area (TPSA) is 70.7 Å². The highest BCUT2D eigenvalue weighted by Crippen LogP contribution is 2.20. The van der Waals surface area contributed by atoms with Crippen LogP contribution in [0.2, 0.25) is 0 Å². The number of nitrogens with zero attached hydrogens (tertiary/aromatic N) is 1. The third-order valence-corrected chi connectivity index (χ3v) is 5.93. The molecule has 0 aromatic heterocycles. The average molecular weight is 456 g/mol. The van der Waals surface area contributed by atoms with E-state index in [2.05, 4.69) is 29.4 Å². The largest absolute Gasteiger partial charge is 0.465 e. The van der Waals surface area contributed by atoms with E-state index in [-0.39, 0.29) is 29.8 Å². The van der Waals surface area contributed by atoms with Gasteiger partial charge in [-0.15, -0.1) is 0 Å². The predicted molar refractivity (Wildman–Crippen MR) is 126 cm³/mol. The van der Waals surface area contributed by atoms with Gasteiger partial charge in [0, 0.05) is 32.2 Å². The van der Waals surface area contributed by atoms with E-state index in [0.29, 0.717) is 36.6 Å². The van der Waals surface area contributed by atoms with E-state index >= 15 is 0 Å². The number of esters is 1. The number of carbonyl (C=O) groups is 2. The van der Waals surface area contributed by atoms with Crippen molar-refractivity contribution >= 4 is 11.9 Å². The summed E-state index contributed by atoms with van der Waals surface area (Å²) in [6.07, 6.45) is 1.19. The minimum Gasteiger partial charge on any atom is -0.465 e. The fourth-order valence-corrected chi connectivity index (χ4v) is 4.27. The Balaban J connectivity index is 1.53. The van der Waals surface area contributed by atoms with Crippen molar-refractivity contribution in [2.24, 2.45) is 5.92 Å². The Morgan fingerprint density at radius 1 is 1.15 bits per heavy atom. The smallest absolute Gasteiger partial charge is 0.337 e. The molecule has 2 N–H and O–H groups in total. The predicted octanol–water partition coefficient (Wildman–Crippen LogP) is 3.16. The van der Waals surface area contributed by atoms with Crippen LogP contribution in [0.3, 0.4) is 0 Å². The number of halogens is 1. The standard InChI is InChI=1S/C26H34FN3O3/c1-18(2)16-30-17-22(29-15-19-8-10-21(11-9-19)26(32)33-3)14-24(30)25(31)28-13-12-20-6-4-5-7-23(20)27/h4-11,18,22,24,29H,12-17H2,1-3H3,(H,28,31)/t22-,24+/m1/s1. The van der Waals surface area contributed by atoms with Gasteiger partial charge < -0.3 is 15.4 Å². The van der Waals surface area contributed by atoms with Crippen LogP contribution in [0.5, 0.6) is 0 Å². The van der Waals surface area contributed by atoms with Crippen molar-refractivity contribution in [3.8, 4) is 0 Å². The van der Waals surface area contributed by atoms with Crippen LogP contribution in [-0.4, -0.2) is 55.6 Å². The number of hydrogen-bond acceptors (Lipinski definition) is 5. The quantitative estimate of drug-likeness (QED) is 0.539. The fraction of sp³-hybridized carbons (Fsp3) is 0.462. The Bertz CT molecular complexity index is 933. The Morgan fingerprint density at radius 3 is 2.55 bits per heavy atom. The molecule has 1 fully saturated rings. The minimum atomic E-state index is -0.349. The van der Waals surface area contributed by atoms with Gasteiger partial charge in [0.15, 0.2) is 0 Å². The highest BCUT2D eigenvalue weighted by atomic mass is 19.1. The molecule has 33 heavy (non-hydrogen) atoms. The van der Waals surface area contributed by atoms with Gasteiger partial charge in [-0.1, -0.05) is 44.2 Å². The van der Waals surface area contributed by atoms with Gasteiger partial charge in [0.1, 0.15) is 5.82 Å². The summed E-state index contributed by atoms with van der Waals surface area (Å²) in [5.74, 6) is -0.140. The molecular formula is C26H34FN3O3. The van der Waals surface area contributed by atoms with Crippen LogP contribution in [0.4, 0.5) is 4.39 Å². The monoisotopic (exact) mass is 455 g/mol. The van der Waals surface area contributed by atoms with Gasteiger partial charge in [0.25, 0.3) is 0 Å². The second-order valence-electron chi connectivity index (χ2n) is 9.00. The molecule has 2 aromatic carbocycles. The van der Waals surface area contributed by atoms with E-state index in [1.165, 1.54) is 13.2 Å². The Morgan fingerprint density at radius 2 is 1.88 bits per heavy atom. The summed E-state index contributed by atoms with van der Waals surface area (Å²) < 4.78 is 18.6. The molecule has 0 saturated carbocycles. The van der Waals surface area contributed by atoms with E-state index in [1.807, 2.05) is 12.1 Å². The zero-order valence-corrected chi connectivity index (χ0v) is 19.6. The molecule has 0 bridgehead atoms. The summed E-state index contributed by atoms with van der Waals surface area (Å²) in [5, 5.41) is 6.55. The molecule has 1 amide bonds. The third kappa shape index (κ3) is 7.11. The van der Waals surface area contributed by atoms with Crippen LogP contribution in [0.15, 0.2) is 48.5 Å². The lowest BCUT2D eigenvalue weighted by molar-refractivity contribution is -0.125. The van der Waals surface area contributed by atoms with E-state index in [0.717, 1.165) is 25.1 Å². The lowest BCUT2D eigenvalue weighted by Gasteiger charge is -2.25. The van der Waals surface area contributed by atoms with Crippen LogP contribution >= 0.6 is 0 Å². The van der Waals surface area contributed by atoms with Crippen molar-refractivity contribution in [1.82, 2.24) is 15.5 Å². The molecule has 3 rings (SSSR count). The number of amides is 1. The van der Waals surface area contributed by atoms with Crippen molar-refractivity contribution in [3.63, 3.8) is 0 Å². The van der Waals surface area contributed by atoms with Gasteiger partial charge in [-0.05, 0) is 48.1 Å². The molecule has 0 unspecified atom stereocenters. The van der Waals surface area contributed by atoms with Crippen LogP contribution in [0, 0.1) is 11.7 Å². The molecule has 1 heterocycles. The van der Waals surface area contributed by atoms with E-state index < -0.39 is 0 Å². The van der Waals surface area contributed by atoms with Gasteiger partial charge in [-0.3, -0.25) is 9.69 Å². The molecule has 0 aliphatic carbocycles. The van der Waals surface area contributed by atoms with Crippen LogP contribution in [-0.2, 0) is 22.5 Å². The molecule has 1 saturated heterocycles. The second-order valence-corrected chi connectivity index (χ2v) is 9.00. The summed E-state index contributed by atoms with van der Waals surface area (Å²) in [5.41, 5.74) is 2.20. The molecule has 2 atom stereocenters. The normalized spacial score (nSPS) is 18.5. The number of benzene rings is 2. The number of ether oxygens (including phenoxy) is 1. The van der Waals surface area contributed by atoms with E-state index in [9.17, 15) is 14.0 Å². The number of carbonyl (C=O) groups excluding carboxylic acids is 2. The van der Waals surface area contributed by atoms with Crippen LogP contribution < -0.4 is 10.6 Å². The number of nitrogens with one attached hydrogen (secondary N) is 2. The molecule has 1 aliphatic heterocycles.